The van der Waals surface area contributed by atoms with Crippen LogP contribution in [0.25, 0.3) is 0 Å². The molecule has 0 unspecified atom stereocenters. The van der Waals surface area contributed by atoms with Crippen LogP contribution >= 0.6 is 23.1 Å². The third-order valence-corrected chi connectivity index (χ3v) is 4.56. The van der Waals surface area contributed by atoms with Crippen LogP contribution in [0.3, 0.4) is 0 Å². The van der Waals surface area contributed by atoms with Gasteiger partial charge in [-0.25, -0.2) is 4.98 Å². The molecule has 0 saturated heterocycles. The summed E-state index contributed by atoms with van der Waals surface area (Å²) < 4.78 is 39.8. The summed E-state index contributed by atoms with van der Waals surface area (Å²) in [6.45, 7) is 3.48. The molecule has 2 aromatic heterocycles. The molecule has 2 rings (SSSR count). The van der Waals surface area contributed by atoms with E-state index in [4.69, 9.17) is 5.26 Å². The molecule has 23 heavy (non-hydrogen) atoms. The lowest BCUT2D eigenvalue weighted by Crippen LogP contribution is -2.17. The number of halogens is 3. The Morgan fingerprint density at radius 3 is 2.78 bits per heavy atom. The Labute approximate surface area is 138 Å². The van der Waals surface area contributed by atoms with Gasteiger partial charge >= 0.3 is 6.18 Å². The van der Waals surface area contributed by atoms with Crippen LogP contribution in [-0.2, 0) is 6.18 Å². The van der Waals surface area contributed by atoms with Crippen LogP contribution < -0.4 is 0 Å². The van der Waals surface area contributed by atoms with Gasteiger partial charge in [-0.05, 0) is 17.5 Å². The average Bonchev–Trinajstić information content (AvgIpc) is 3.04. The normalized spacial score (nSPS) is 11.0. The second kappa shape index (κ2) is 6.98. The number of nitrogens with zero attached hydrogens (tertiary/aromatic N) is 2. The van der Waals surface area contributed by atoms with E-state index in [-0.39, 0.29) is 15.5 Å². The quantitative estimate of drug-likeness (QED) is 0.449. The maximum atomic E-state index is 13.3. The smallest absolute Gasteiger partial charge is 0.288 e. The van der Waals surface area contributed by atoms with Gasteiger partial charge in [0.25, 0.3) is 0 Å². The summed E-state index contributed by atoms with van der Waals surface area (Å²) in [6, 6.07) is 5.75. The highest BCUT2D eigenvalue weighted by atomic mass is 32.2. The van der Waals surface area contributed by atoms with Gasteiger partial charge in [-0.2, -0.15) is 18.4 Å². The zero-order valence-corrected chi connectivity index (χ0v) is 13.2. The molecular weight excluding hydrogens is 345 g/mol. The van der Waals surface area contributed by atoms with E-state index in [1.165, 1.54) is 12.1 Å². The third kappa shape index (κ3) is 3.81. The van der Waals surface area contributed by atoms with Crippen LogP contribution in [0.1, 0.15) is 26.5 Å². The maximum absolute atomic E-state index is 13.3. The predicted octanol–water partition coefficient (Wildman–Crippen LogP) is 4.54. The number of aromatic nitrogens is 1. The summed E-state index contributed by atoms with van der Waals surface area (Å²) in [7, 11) is 0. The fourth-order valence-electron chi connectivity index (χ4n) is 1.75. The SMILES string of the molecule is C=CCSc1nc(C(F)(F)F)c(C(=O)c2cccs2)cc1C#N. The molecular formula is C15H9F3N2OS2. The summed E-state index contributed by atoms with van der Waals surface area (Å²) in [5.41, 5.74) is -1.95. The van der Waals surface area contributed by atoms with Crippen molar-refractivity contribution in [2.45, 2.75) is 11.2 Å². The van der Waals surface area contributed by atoms with Gasteiger partial charge in [0.15, 0.2) is 5.69 Å². The number of carbonyl (C=O) groups excluding carboxylic acids is 1. The first-order valence-corrected chi connectivity index (χ1v) is 8.09. The van der Waals surface area contributed by atoms with E-state index in [9.17, 15) is 18.0 Å². The highest BCUT2D eigenvalue weighted by Gasteiger charge is 2.38. The molecule has 0 aliphatic rings. The molecule has 0 aliphatic heterocycles. The van der Waals surface area contributed by atoms with Gasteiger partial charge in [-0.3, -0.25) is 4.79 Å². The van der Waals surface area contributed by atoms with Crippen molar-refractivity contribution >= 4 is 28.9 Å². The Hall–Kier alpha value is -2.11. The van der Waals surface area contributed by atoms with Crippen molar-refractivity contribution in [3.05, 3.63) is 57.9 Å². The molecule has 0 fully saturated rings. The second-order valence-electron chi connectivity index (χ2n) is 4.25. The molecule has 0 N–H and O–H groups in total. The molecule has 0 aliphatic carbocycles. The molecule has 2 heterocycles. The van der Waals surface area contributed by atoms with Crippen molar-refractivity contribution in [3.8, 4) is 6.07 Å². The first-order chi connectivity index (χ1) is 10.9. The number of pyridine rings is 1. The Morgan fingerprint density at radius 2 is 2.26 bits per heavy atom. The molecule has 0 radical (unpaired) electrons. The van der Waals surface area contributed by atoms with Crippen LogP contribution in [0, 0.1) is 11.3 Å². The number of hydrogen-bond acceptors (Lipinski definition) is 5. The van der Waals surface area contributed by atoms with Crippen molar-refractivity contribution in [3.63, 3.8) is 0 Å². The highest BCUT2D eigenvalue weighted by Crippen LogP contribution is 2.35. The first-order valence-electron chi connectivity index (χ1n) is 6.22. The summed E-state index contributed by atoms with van der Waals surface area (Å²) in [6.07, 6.45) is -3.30. The van der Waals surface area contributed by atoms with E-state index >= 15 is 0 Å². The molecule has 3 nitrogen and oxygen atoms in total. The second-order valence-corrected chi connectivity index (χ2v) is 6.21. The van der Waals surface area contributed by atoms with E-state index in [1.54, 1.807) is 17.5 Å². The van der Waals surface area contributed by atoms with Gasteiger partial charge in [0.1, 0.15) is 11.1 Å². The highest BCUT2D eigenvalue weighted by molar-refractivity contribution is 7.99. The van der Waals surface area contributed by atoms with Crippen molar-refractivity contribution in [2.75, 3.05) is 5.75 Å². The molecule has 0 aromatic carbocycles. The first kappa shape index (κ1) is 17.2. The van der Waals surface area contributed by atoms with Crippen molar-refractivity contribution in [1.29, 1.82) is 5.26 Å². The molecule has 0 atom stereocenters. The summed E-state index contributed by atoms with van der Waals surface area (Å²) >= 11 is 1.99. The molecule has 0 bridgehead atoms. The van der Waals surface area contributed by atoms with Crippen LogP contribution in [0.2, 0.25) is 0 Å². The lowest BCUT2D eigenvalue weighted by Gasteiger charge is -2.13. The van der Waals surface area contributed by atoms with Crippen molar-refractivity contribution in [2.24, 2.45) is 0 Å². The fraction of sp³-hybridized carbons (Fsp3) is 0.133. The van der Waals surface area contributed by atoms with E-state index in [1.807, 2.05) is 0 Å². The van der Waals surface area contributed by atoms with E-state index in [0.29, 0.717) is 5.75 Å². The van der Waals surface area contributed by atoms with Crippen LogP contribution in [-0.4, -0.2) is 16.5 Å². The van der Waals surface area contributed by atoms with E-state index in [0.717, 1.165) is 29.2 Å². The standard InChI is InChI=1S/C15H9F3N2OS2/c1-2-5-23-14-9(8-19)7-10(13(20-14)15(16,17)18)12(21)11-4-3-6-22-11/h2-4,6-7H,1,5H2. The van der Waals surface area contributed by atoms with Crippen LogP contribution in [0.4, 0.5) is 13.2 Å². The number of rotatable bonds is 5. The summed E-state index contributed by atoms with van der Waals surface area (Å²) in [4.78, 5) is 16.0. The molecule has 0 amide bonds. The topological polar surface area (TPSA) is 53.8 Å². The van der Waals surface area contributed by atoms with Crippen LogP contribution in [0.15, 0.2) is 41.3 Å². The molecule has 8 heteroatoms. The summed E-state index contributed by atoms with van der Waals surface area (Å²) in [5.74, 6) is -0.492. The van der Waals surface area contributed by atoms with Crippen molar-refractivity contribution < 1.29 is 18.0 Å². The van der Waals surface area contributed by atoms with E-state index < -0.39 is 23.2 Å². The van der Waals surface area contributed by atoms with Gasteiger partial charge in [-0.1, -0.05) is 12.1 Å². The van der Waals surface area contributed by atoms with Gasteiger partial charge in [-0.15, -0.1) is 29.7 Å². The molecule has 0 spiro atoms. The monoisotopic (exact) mass is 354 g/mol. The zero-order chi connectivity index (χ0) is 17.0. The average molecular weight is 354 g/mol. The number of alkyl halides is 3. The summed E-state index contributed by atoms with van der Waals surface area (Å²) in [5, 5.41) is 10.7. The number of nitriles is 1. The van der Waals surface area contributed by atoms with E-state index in [2.05, 4.69) is 11.6 Å². The number of ketones is 1. The van der Waals surface area contributed by atoms with Crippen LogP contribution in [0.5, 0.6) is 0 Å². The largest absolute Gasteiger partial charge is 0.434 e. The Kier molecular flexibility index (Phi) is 5.23. The Morgan fingerprint density at radius 1 is 1.52 bits per heavy atom. The van der Waals surface area contributed by atoms with Gasteiger partial charge in [0.2, 0.25) is 5.78 Å². The minimum atomic E-state index is -4.79. The lowest BCUT2D eigenvalue weighted by atomic mass is 10.1. The molecule has 2 aromatic rings. The fourth-order valence-corrected chi connectivity index (χ4v) is 3.12. The lowest BCUT2D eigenvalue weighted by molar-refractivity contribution is -0.141. The number of carbonyl (C=O) groups is 1. The molecule has 0 saturated carbocycles. The Bertz CT molecular complexity index is 777. The zero-order valence-electron chi connectivity index (χ0n) is 11.6. The predicted molar refractivity (Wildman–Crippen MR) is 82.6 cm³/mol. The minimum absolute atomic E-state index is 0.0650. The maximum Gasteiger partial charge on any atom is 0.434 e. The van der Waals surface area contributed by atoms with Gasteiger partial charge in [0, 0.05) is 5.75 Å². The third-order valence-electron chi connectivity index (χ3n) is 2.70. The molecule has 118 valence electrons. The number of thioether (sulfide) groups is 1. The minimum Gasteiger partial charge on any atom is -0.288 e. The number of thiophene rings is 1. The Balaban J connectivity index is 2.63. The van der Waals surface area contributed by atoms with Gasteiger partial charge < -0.3 is 0 Å². The van der Waals surface area contributed by atoms with Crippen molar-refractivity contribution in [1.82, 2.24) is 4.98 Å². The number of hydrogen-bond donors (Lipinski definition) is 0. The van der Waals surface area contributed by atoms with Gasteiger partial charge in [0.05, 0.1) is 16.0 Å².